The van der Waals surface area contributed by atoms with Crippen LogP contribution in [0.1, 0.15) is 39.5 Å². The van der Waals surface area contributed by atoms with E-state index in [2.05, 4.69) is 10.2 Å². The first-order valence-corrected chi connectivity index (χ1v) is 6.89. The molecule has 2 rings (SSSR count). The Morgan fingerprint density at radius 1 is 1.29 bits per heavy atom. The molecule has 4 heteroatoms. The molecule has 0 aromatic heterocycles. The number of hydrogen-bond donors (Lipinski definition) is 2. The maximum Gasteiger partial charge on any atom is 0.224 e. The number of nitrogens with one attached hydrogen (secondary N) is 1. The molecule has 0 aromatic rings. The van der Waals surface area contributed by atoms with Crippen molar-refractivity contribution in [2.45, 2.75) is 57.7 Å². The van der Waals surface area contributed by atoms with Crippen LogP contribution in [0.5, 0.6) is 0 Å². The van der Waals surface area contributed by atoms with E-state index in [1.807, 2.05) is 13.8 Å². The van der Waals surface area contributed by atoms with Crippen molar-refractivity contribution in [1.82, 2.24) is 10.2 Å². The van der Waals surface area contributed by atoms with Crippen LogP contribution in [-0.4, -0.2) is 42.0 Å². The van der Waals surface area contributed by atoms with Gasteiger partial charge in [0.25, 0.3) is 0 Å². The minimum absolute atomic E-state index is 0.0705. The fourth-order valence-electron chi connectivity index (χ4n) is 2.97. The third-order valence-electron chi connectivity index (χ3n) is 4.39. The normalized spacial score (nSPS) is 32.9. The largest absolute Gasteiger partial charge is 0.351 e. The fourth-order valence-corrected chi connectivity index (χ4v) is 2.97. The van der Waals surface area contributed by atoms with Gasteiger partial charge in [0.15, 0.2) is 0 Å². The molecule has 0 aromatic carbocycles. The van der Waals surface area contributed by atoms with E-state index in [1.165, 1.54) is 25.8 Å². The summed E-state index contributed by atoms with van der Waals surface area (Å²) in [5, 5.41) is 3.20. The molecule has 2 saturated heterocycles. The Hall–Kier alpha value is -0.610. The highest BCUT2D eigenvalue weighted by Gasteiger charge is 2.36. The monoisotopic (exact) mass is 239 g/mol. The minimum atomic E-state index is -0.0901. The van der Waals surface area contributed by atoms with Gasteiger partial charge < -0.3 is 11.1 Å². The van der Waals surface area contributed by atoms with Crippen molar-refractivity contribution in [1.29, 1.82) is 0 Å². The summed E-state index contributed by atoms with van der Waals surface area (Å²) in [6, 6.07) is 0.857. The van der Waals surface area contributed by atoms with Gasteiger partial charge in [-0.3, -0.25) is 9.69 Å². The van der Waals surface area contributed by atoms with Gasteiger partial charge in [0.1, 0.15) is 0 Å². The van der Waals surface area contributed by atoms with E-state index in [9.17, 15) is 4.79 Å². The van der Waals surface area contributed by atoms with Crippen LogP contribution in [0.3, 0.4) is 0 Å². The lowest BCUT2D eigenvalue weighted by atomic mass is 9.97. The standard InChI is InChI=1S/C13H25N3O/c1-9(10(2)14)13(17)15-11-6-8-16-7-4-3-5-12(11)16/h9-12H,3-8,14H2,1-2H3,(H,15,17). The Bertz CT molecular complexity index is 280. The van der Waals surface area contributed by atoms with Gasteiger partial charge in [-0.2, -0.15) is 0 Å². The molecule has 4 atom stereocenters. The lowest BCUT2D eigenvalue weighted by Gasteiger charge is -2.33. The van der Waals surface area contributed by atoms with Crippen LogP contribution in [0.4, 0.5) is 0 Å². The number of fused-ring (bicyclic) bond motifs is 1. The Kier molecular flexibility index (Phi) is 4.05. The molecule has 1 amide bonds. The molecule has 0 saturated carbocycles. The van der Waals surface area contributed by atoms with Crippen molar-refractivity contribution in [2.75, 3.05) is 13.1 Å². The highest BCUT2D eigenvalue weighted by molar-refractivity contribution is 5.79. The van der Waals surface area contributed by atoms with Crippen molar-refractivity contribution in [2.24, 2.45) is 11.7 Å². The summed E-state index contributed by atoms with van der Waals surface area (Å²) in [6.07, 6.45) is 4.95. The van der Waals surface area contributed by atoms with Gasteiger partial charge in [0.05, 0.1) is 0 Å². The molecule has 98 valence electrons. The summed E-state index contributed by atoms with van der Waals surface area (Å²) in [7, 11) is 0. The summed E-state index contributed by atoms with van der Waals surface area (Å²) in [5.74, 6) is 0.0325. The zero-order valence-electron chi connectivity index (χ0n) is 11.0. The fraction of sp³-hybridized carbons (Fsp3) is 0.923. The number of rotatable bonds is 3. The Morgan fingerprint density at radius 2 is 2.06 bits per heavy atom. The first kappa shape index (κ1) is 12.8. The minimum Gasteiger partial charge on any atom is -0.351 e. The maximum absolute atomic E-state index is 12.0. The Balaban J connectivity index is 1.89. The zero-order chi connectivity index (χ0) is 12.4. The molecule has 0 aliphatic carbocycles. The summed E-state index contributed by atoms with van der Waals surface area (Å²) >= 11 is 0. The molecular formula is C13H25N3O. The van der Waals surface area contributed by atoms with E-state index in [0.717, 1.165) is 13.0 Å². The number of nitrogens with two attached hydrogens (primary N) is 1. The molecule has 2 aliphatic rings. The lowest BCUT2D eigenvalue weighted by molar-refractivity contribution is -0.125. The SMILES string of the molecule is CC(N)C(C)C(=O)NC1CCN2CCCCC12. The van der Waals surface area contributed by atoms with Crippen molar-refractivity contribution < 1.29 is 4.79 Å². The van der Waals surface area contributed by atoms with Crippen molar-refractivity contribution in [3.05, 3.63) is 0 Å². The van der Waals surface area contributed by atoms with Gasteiger partial charge in [-0.15, -0.1) is 0 Å². The van der Waals surface area contributed by atoms with E-state index >= 15 is 0 Å². The summed E-state index contributed by atoms with van der Waals surface area (Å²) in [6.45, 7) is 6.15. The van der Waals surface area contributed by atoms with Gasteiger partial charge in [0, 0.05) is 30.6 Å². The Labute approximate surface area is 104 Å². The molecule has 2 aliphatic heterocycles. The Morgan fingerprint density at radius 3 is 2.76 bits per heavy atom. The number of amides is 1. The smallest absolute Gasteiger partial charge is 0.224 e. The molecule has 3 N–H and O–H groups in total. The predicted molar refractivity (Wildman–Crippen MR) is 68.6 cm³/mol. The van der Waals surface area contributed by atoms with Crippen LogP contribution in [0.15, 0.2) is 0 Å². The first-order valence-electron chi connectivity index (χ1n) is 6.89. The van der Waals surface area contributed by atoms with E-state index in [-0.39, 0.29) is 17.9 Å². The van der Waals surface area contributed by atoms with Crippen LogP contribution < -0.4 is 11.1 Å². The molecule has 4 unspecified atom stereocenters. The van der Waals surface area contributed by atoms with Crippen LogP contribution in [0.2, 0.25) is 0 Å². The second kappa shape index (κ2) is 5.36. The average molecular weight is 239 g/mol. The van der Waals surface area contributed by atoms with E-state index in [4.69, 9.17) is 5.73 Å². The van der Waals surface area contributed by atoms with Gasteiger partial charge in [-0.1, -0.05) is 13.3 Å². The van der Waals surface area contributed by atoms with Gasteiger partial charge in [-0.05, 0) is 32.7 Å². The maximum atomic E-state index is 12.0. The molecule has 0 spiro atoms. The summed E-state index contributed by atoms with van der Waals surface area (Å²) in [4.78, 5) is 14.5. The second-order valence-corrected chi connectivity index (χ2v) is 5.65. The van der Waals surface area contributed by atoms with Crippen LogP contribution >= 0.6 is 0 Å². The number of carbonyl (C=O) groups excluding carboxylic acids is 1. The van der Waals surface area contributed by atoms with E-state index in [1.54, 1.807) is 0 Å². The van der Waals surface area contributed by atoms with Crippen molar-refractivity contribution >= 4 is 5.91 Å². The number of nitrogens with zero attached hydrogens (tertiary/aromatic N) is 1. The highest BCUT2D eigenvalue weighted by atomic mass is 16.2. The van der Waals surface area contributed by atoms with Crippen LogP contribution in [0.25, 0.3) is 0 Å². The molecule has 2 fully saturated rings. The van der Waals surface area contributed by atoms with Gasteiger partial charge in [0.2, 0.25) is 5.91 Å². The lowest BCUT2D eigenvalue weighted by Crippen LogP contribution is -2.49. The van der Waals surface area contributed by atoms with Crippen LogP contribution in [-0.2, 0) is 4.79 Å². The molecule has 2 heterocycles. The van der Waals surface area contributed by atoms with E-state index in [0.29, 0.717) is 12.1 Å². The topological polar surface area (TPSA) is 58.4 Å². The zero-order valence-corrected chi connectivity index (χ0v) is 11.0. The summed E-state index contributed by atoms with van der Waals surface area (Å²) < 4.78 is 0. The van der Waals surface area contributed by atoms with Gasteiger partial charge >= 0.3 is 0 Å². The third-order valence-corrected chi connectivity index (χ3v) is 4.39. The van der Waals surface area contributed by atoms with Gasteiger partial charge in [-0.25, -0.2) is 0 Å². The van der Waals surface area contributed by atoms with E-state index < -0.39 is 0 Å². The summed E-state index contributed by atoms with van der Waals surface area (Å²) in [5.41, 5.74) is 5.77. The van der Waals surface area contributed by atoms with Crippen molar-refractivity contribution in [3.8, 4) is 0 Å². The number of carbonyl (C=O) groups is 1. The van der Waals surface area contributed by atoms with Crippen LogP contribution in [0, 0.1) is 5.92 Å². The quantitative estimate of drug-likeness (QED) is 0.762. The predicted octanol–water partition coefficient (Wildman–Crippen LogP) is 0.713. The molecule has 4 nitrogen and oxygen atoms in total. The first-order chi connectivity index (χ1) is 8.09. The molecule has 0 bridgehead atoms. The molecule has 17 heavy (non-hydrogen) atoms. The highest BCUT2D eigenvalue weighted by Crippen LogP contribution is 2.27. The number of hydrogen-bond acceptors (Lipinski definition) is 3. The average Bonchev–Trinajstić information content (AvgIpc) is 2.71. The molecule has 0 radical (unpaired) electrons. The molecular weight excluding hydrogens is 214 g/mol. The van der Waals surface area contributed by atoms with Crippen molar-refractivity contribution in [3.63, 3.8) is 0 Å². The second-order valence-electron chi connectivity index (χ2n) is 5.65. The third kappa shape index (κ3) is 2.80. The number of piperidine rings is 1.